The van der Waals surface area contributed by atoms with Crippen LogP contribution in [0, 0.1) is 35.4 Å². The summed E-state index contributed by atoms with van der Waals surface area (Å²) in [6, 6.07) is 8.65. The number of amides is 1. The number of aliphatic imine (C=N–C) groups is 1. The smallest absolute Gasteiger partial charge is 0.240 e. The van der Waals surface area contributed by atoms with Crippen LogP contribution >= 0.6 is 0 Å². The molecule has 1 N–H and O–H groups in total. The Kier molecular flexibility index (Phi) is 6.94. The number of nitriles is 1. The number of likely N-dealkylation sites (tertiary alicyclic amines) is 1. The Hall–Kier alpha value is -3.63. The minimum atomic E-state index is -4.48. The highest BCUT2D eigenvalue weighted by atomic mass is 32.2. The summed E-state index contributed by atoms with van der Waals surface area (Å²) in [5, 5.41) is 7.96. The number of hydrogen-bond acceptors (Lipinski definition) is 8. The molecule has 2 aliphatic rings. The highest BCUT2D eigenvalue weighted by Gasteiger charge is 2.57. The highest BCUT2D eigenvalue weighted by Crippen LogP contribution is 2.41. The molecule has 2 aromatic rings. The van der Waals surface area contributed by atoms with E-state index in [1.165, 1.54) is 29.2 Å². The quantitative estimate of drug-likeness (QED) is 0.539. The fourth-order valence-corrected chi connectivity index (χ4v) is 7.16. The summed E-state index contributed by atoms with van der Waals surface area (Å²) < 4.78 is 66.3. The number of hydrogen-bond donors (Lipinski definition) is 1. The van der Waals surface area contributed by atoms with Crippen LogP contribution in [0.3, 0.4) is 0 Å². The number of halogens is 1. The third kappa shape index (κ3) is 5.18. The first kappa shape index (κ1) is 28.4. The predicted octanol–water partition coefficient (Wildman–Crippen LogP) is 2.90. The molecule has 2 heterocycles. The number of rotatable bonds is 5. The Balaban J connectivity index is 1.83. The van der Waals surface area contributed by atoms with Gasteiger partial charge in [-0.15, -0.1) is 0 Å². The Morgan fingerprint density at radius 2 is 1.82 bits per heavy atom. The lowest BCUT2D eigenvalue weighted by Gasteiger charge is -2.33. The van der Waals surface area contributed by atoms with Crippen LogP contribution in [0.15, 0.2) is 46.3 Å². The van der Waals surface area contributed by atoms with Gasteiger partial charge in [-0.25, -0.2) is 21.2 Å². The largest absolute Gasteiger partial charge is 0.327 e. The average Bonchev–Trinajstić information content (AvgIpc) is 3.04. The molecule has 0 aromatic heterocycles. The standard InChI is InChI=1S/C26H27FN4O6S2/c1-14-10-15(6-8-17(14)27)13-31-24(26(2,3)4)23(32)21(25(31)33)22-20(12-28)39(36,37)19-11-16(30-38(5,34)35)7-9-18(19)29-22/h6-11,20-21,24,30H,13H2,1-5H3. The van der Waals surface area contributed by atoms with Crippen molar-refractivity contribution in [2.24, 2.45) is 16.3 Å². The number of nitrogens with one attached hydrogen (secondary N) is 1. The van der Waals surface area contributed by atoms with Gasteiger partial charge in [0.25, 0.3) is 0 Å². The summed E-state index contributed by atoms with van der Waals surface area (Å²) in [7, 11) is -8.19. The van der Waals surface area contributed by atoms with Crippen LogP contribution in [0.1, 0.15) is 31.9 Å². The monoisotopic (exact) mass is 574 g/mol. The van der Waals surface area contributed by atoms with Gasteiger partial charge in [-0.1, -0.05) is 32.9 Å². The zero-order valence-electron chi connectivity index (χ0n) is 21.9. The lowest BCUT2D eigenvalue weighted by molar-refractivity contribution is -0.132. The molecule has 0 aliphatic carbocycles. The topological polar surface area (TPSA) is 154 Å². The number of carbonyl (C=O) groups is 2. The predicted molar refractivity (Wildman–Crippen MR) is 142 cm³/mol. The van der Waals surface area contributed by atoms with E-state index in [1.54, 1.807) is 39.8 Å². The molecule has 13 heteroatoms. The zero-order chi connectivity index (χ0) is 29.1. The molecule has 0 spiro atoms. The van der Waals surface area contributed by atoms with Crippen LogP contribution in [0.4, 0.5) is 15.8 Å². The summed E-state index contributed by atoms with van der Waals surface area (Å²) >= 11 is 0. The molecule has 0 bridgehead atoms. The van der Waals surface area contributed by atoms with Crippen molar-refractivity contribution in [1.29, 1.82) is 5.26 Å². The van der Waals surface area contributed by atoms with E-state index in [-0.39, 0.29) is 17.9 Å². The fourth-order valence-electron chi connectivity index (χ4n) is 5.01. The van der Waals surface area contributed by atoms with Crippen molar-refractivity contribution < 1.29 is 30.8 Å². The molecule has 1 amide bonds. The number of anilines is 1. The first-order valence-corrected chi connectivity index (χ1v) is 15.3. The van der Waals surface area contributed by atoms with Crippen LogP contribution in [-0.4, -0.2) is 56.7 Å². The van der Waals surface area contributed by atoms with E-state index < -0.39 is 70.6 Å². The van der Waals surface area contributed by atoms with Crippen molar-refractivity contribution in [1.82, 2.24) is 4.90 Å². The Morgan fingerprint density at radius 3 is 2.38 bits per heavy atom. The lowest BCUT2D eigenvalue weighted by Crippen LogP contribution is -2.44. The van der Waals surface area contributed by atoms with Gasteiger partial charge in [-0.05, 0) is 47.7 Å². The van der Waals surface area contributed by atoms with Gasteiger partial charge in [0.2, 0.25) is 25.8 Å². The molecule has 0 saturated carbocycles. The molecule has 206 valence electrons. The second-order valence-corrected chi connectivity index (χ2v) is 14.6. The van der Waals surface area contributed by atoms with Crippen molar-refractivity contribution in [3.05, 3.63) is 53.3 Å². The minimum absolute atomic E-state index is 0.0293. The van der Waals surface area contributed by atoms with Gasteiger partial charge in [0.05, 0.1) is 34.7 Å². The van der Waals surface area contributed by atoms with Crippen LogP contribution < -0.4 is 4.72 Å². The normalized spacial score (nSPS) is 22.7. The summed E-state index contributed by atoms with van der Waals surface area (Å²) in [5.41, 5.74) is -0.361. The van der Waals surface area contributed by atoms with E-state index >= 15 is 0 Å². The van der Waals surface area contributed by atoms with Crippen LogP contribution in [0.5, 0.6) is 0 Å². The second kappa shape index (κ2) is 9.53. The average molecular weight is 575 g/mol. The van der Waals surface area contributed by atoms with Crippen LogP contribution in [-0.2, 0) is 36.0 Å². The summed E-state index contributed by atoms with van der Waals surface area (Å²) in [4.78, 5) is 32.8. The van der Waals surface area contributed by atoms with Gasteiger partial charge >= 0.3 is 0 Å². The van der Waals surface area contributed by atoms with Crippen molar-refractivity contribution in [3.8, 4) is 6.07 Å². The molecule has 10 nitrogen and oxygen atoms in total. The van der Waals surface area contributed by atoms with Crippen LogP contribution in [0.25, 0.3) is 0 Å². The summed E-state index contributed by atoms with van der Waals surface area (Å²) in [5.74, 6) is -3.31. The van der Waals surface area contributed by atoms with E-state index in [0.29, 0.717) is 11.1 Å². The Morgan fingerprint density at radius 1 is 1.15 bits per heavy atom. The van der Waals surface area contributed by atoms with Crippen molar-refractivity contribution >= 4 is 48.6 Å². The number of fused-ring (bicyclic) bond motifs is 1. The number of ketones is 1. The maximum absolute atomic E-state index is 13.8. The number of aryl methyl sites for hydroxylation is 1. The van der Waals surface area contributed by atoms with Gasteiger partial charge in [0.15, 0.2) is 11.0 Å². The van der Waals surface area contributed by atoms with E-state index in [2.05, 4.69) is 9.71 Å². The maximum atomic E-state index is 13.8. The Bertz CT molecular complexity index is 1690. The lowest BCUT2D eigenvalue weighted by atomic mass is 9.81. The minimum Gasteiger partial charge on any atom is -0.327 e. The second-order valence-electron chi connectivity index (χ2n) is 10.8. The molecule has 0 radical (unpaired) electrons. The first-order valence-electron chi connectivity index (χ1n) is 11.9. The zero-order valence-corrected chi connectivity index (χ0v) is 23.5. The summed E-state index contributed by atoms with van der Waals surface area (Å²) in [6.45, 7) is 6.84. The molecule has 3 unspecified atom stereocenters. The molecular formula is C26H27FN4O6S2. The SMILES string of the molecule is Cc1cc(CN2C(=O)C(C3=Nc4ccc(NS(C)(=O)=O)cc4S(=O)(=O)C3C#N)C(=O)C2C(C)(C)C)ccc1F. The third-order valence-corrected chi connectivity index (χ3v) is 9.12. The van der Waals surface area contributed by atoms with Gasteiger partial charge < -0.3 is 4.90 Å². The van der Waals surface area contributed by atoms with Crippen molar-refractivity contribution in [3.63, 3.8) is 0 Å². The molecule has 4 rings (SSSR count). The Labute approximate surface area is 226 Å². The molecule has 3 atom stereocenters. The van der Waals surface area contributed by atoms with Gasteiger partial charge in [0.1, 0.15) is 11.7 Å². The fraction of sp³-hybridized carbons (Fsp3) is 0.385. The van der Waals surface area contributed by atoms with E-state index in [1.807, 2.05) is 0 Å². The molecule has 2 aromatic carbocycles. The number of benzene rings is 2. The molecule has 2 aliphatic heterocycles. The van der Waals surface area contributed by atoms with Gasteiger partial charge in [-0.3, -0.25) is 19.3 Å². The molecule has 1 fully saturated rings. The molecule has 1 saturated heterocycles. The van der Waals surface area contributed by atoms with Gasteiger partial charge in [0, 0.05) is 12.2 Å². The highest BCUT2D eigenvalue weighted by molar-refractivity contribution is 7.93. The van der Waals surface area contributed by atoms with Crippen LogP contribution in [0.2, 0.25) is 0 Å². The molecule has 39 heavy (non-hydrogen) atoms. The third-order valence-electron chi connectivity index (χ3n) is 6.60. The van der Waals surface area contributed by atoms with E-state index in [0.717, 1.165) is 12.3 Å². The number of nitrogens with zero attached hydrogens (tertiary/aromatic N) is 3. The first-order chi connectivity index (χ1) is 18.0. The van der Waals surface area contributed by atoms with E-state index in [4.69, 9.17) is 0 Å². The molecular weight excluding hydrogens is 547 g/mol. The maximum Gasteiger partial charge on any atom is 0.240 e. The number of sulfone groups is 1. The number of Topliss-reactive ketones (excluding diaryl/α,β-unsaturated/α-hetero) is 1. The van der Waals surface area contributed by atoms with E-state index in [9.17, 15) is 36.1 Å². The van der Waals surface area contributed by atoms with Crippen molar-refractivity contribution in [2.45, 2.75) is 50.4 Å². The van der Waals surface area contributed by atoms with Crippen molar-refractivity contribution in [2.75, 3.05) is 11.0 Å². The summed E-state index contributed by atoms with van der Waals surface area (Å²) in [6.07, 6.45) is 0.900. The number of sulfonamides is 1. The number of carbonyl (C=O) groups excluding carboxylic acids is 2. The van der Waals surface area contributed by atoms with Gasteiger partial charge in [-0.2, -0.15) is 5.26 Å².